The molecular formula is C20H22N2O4. The molecular weight excluding hydrogens is 332 g/mol. The molecule has 1 atom stereocenters. The number of hydrazone groups is 1. The molecule has 1 amide bonds. The molecule has 0 aliphatic carbocycles. The Kier molecular flexibility index (Phi) is 5.11. The van der Waals surface area contributed by atoms with Gasteiger partial charge in [-0.3, -0.25) is 4.79 Å². The second-order valence-corrected chi connectivity index (χ2v) is 5.97. The number of nitrogens with zero attached hydrogens (tertiary/aromatic N) is 2. The first-order chi connectivity index (χ1) is 12.6. The van der Waals surface area contributed by atoms with Crippen LogP contribution in [0.5, 0.6) is 17.2 Å². The van der Waals surface area contributed by atoms with Crippen molar-refractivity contribution < 1.29 is 19.0 Å². The second-order valence-electron chi connectivity index (χ2n) is 5.97. The molecule has 0 saturated heterocycles. The maximum absolute atomic E-state index is 12.2. The minimum Gasteiger partial charge on any atom is -0.497 e. The zero-order valence-electron chi connectivity index (χ0n) is 15.4. The topological polar surface area (TPSA) is 60.4 Å². The fraction of sp³-hybridized carbons (Fsp3) is 0.300. The van der Waals surface area contributed by atoms with Crippen molar-refractivity contribution in [3.8, 4) is 17.2 Å². The van der Waals surface area contributed by atoms with Gasteiger partial charge in [0.2, 0.25) is 5.91 Å². The molecule has 0 aromatic heterocycles. The van der Waals surface area contributed by atoms with E-state index in [1.165, 1.54) is 11.9 Å². The Morgan fingerprint density at radius 2 is 1.69 bits per heavy atom. The lowest BCUT2D eigenvalue weighted by Gasteiger charge is -2.22. The molecule has 26 heavy (non-hydrogen) atoms. The quantitative estimate of drug-likeness (QED) is 0.826. The number of methoxy groups -OCH3 is 3. The lowest BCUT2D eigenvalue weighted by Crippen LogP contribution is -2.24. The zero-order valence-corrected chi connectivity index (χ0v) is 15.4. The van der Waals surface area contributed by atoms with Crippen molar-refractivity contribution in [3.63, 3.8) is 0 Å². The summed E-state index contributed by atoms with van der Waals surface area (Å²) in [5, 5.41) is 6.09. The Labute approximate surface area is 153 Å². The van der Waals surface area contributed by atoms with Gasteiger partial charge >= 0.3 is 0 Å². The molecule has 136 valence electrons. The molecule has 0 fully saturated rings. The van der Waals surface area contributed by atoms with E-state index in [0.29, 0.717) is 17.9 Å². The lowest BCUT2D eigenvalue weighted by atomic mass is 9.97. The highest BCUT2D eigenvalue weighted by molar-refractivity contribution is 6.03. The van der Waals surface area contributed by atoms with Crippen molar-refractivity contribution in [1.29, 1.82) is 0 Å². The minimum absolute atomic E-state index is 0.120. The maximum atomic E-state index is 12.2. The average molecular weight is 354 g/mol. The molecule has 0 bridgehead atoms. The molecule has 1 heterocycles. The van der Waals surface area contributed by atoms with E-state index in [4.69, 9.17) is 14.2 Å². The standard InChI is InChI=1S/C20H22N2O4/c1-13(23)22-19(17-7-5-6-8-20(17)26-4)12-18(21-22)14-9-15(24-2)11-16(10-14)25-3/h5-11,19H,12H2,1-4H3/t19-/m0/s1. The molecule has 6 nitrogen and oxygen atoms in total. The van der Waals surface area contributed by atoms with Gasteiger partial charge in [0.15, 0.2) is 0 Å². The molecule has 1 aliphatic rings. The summed E-state index contributed by atoms with van der Waals surface area (Å²) in [4.78, 5) is 12.2. The first kappa shape index (κ1) is 17.8. The largest absolute Gasteiger partial charge is 0.497 e. The molecule has 0 saturated carbocycles. The number of para-hydroxylation sites is 1. The van der Waals surface area contributed by atoms with Gasteiger partial charge in [0.1, 0.15) is 17.2 Å². The minimum atomic E-state index is -0.212. The van der Waals surface area contributed by atoms with Crippen LogP contribution in [0.4, 0.5) is 0 Å². The van der Waals surface area contributed by atoms with E-state index < -0.39 is 0 Å². The van der Waals surface area contributed by atoms with Crippen LogP contribution in [0.1, 0.15) is 30.5 Å². The van der Waals surface area contributed by atoms with Crippen LogP contribution in [0, 0.1) is 0 Å². The van der Waals surface area contributed by atoms with Crippen molar-refractivity contribution in [2.75, 3.05) is 21.3 Å². The first-order valence-corrected chi connectivity index (χ1v) is 8.31. The Hall–Kier alpha value is -3.02. The SMILES string of the molecule is COc1cc(OC)cc(C2=NN(C(C)=O)[C@H](c3ccccc3OC)C2)c1. The second kappa shape index (κ2) is 7.47. The molecule has 1 aliphatic heterocycles. The van der Waals surface area contributed by atoms with Crippen LogP contribution in [-0.4, -0.2) is 38.0 Å². The molecule has 6 heteroatoms. The third-order valence-corrected chi connectivity index (χ3v) is 4.42. The fourth-order valence-corrected chi connectivity index (χ4v) is 3.13. The van der Waals surface area contributed by atoms with Gasteiger partial charge in [-0.2, -0.15) is 5.10 Å². The van der Waals surface area contributed by atoms with E-state index in [0.717, 1.165) is 22.6 Å². The van der Waals surface area contributed by atoms with Crippen LogP contribution in [0.2, 0.25) is 0 Å². The lowest BCUT2D eigenvalue weighted by molar-refractivity contribution is -0.130. The highest BCUT2D eigenvalue weighted by Crippen LogP contribution is 2.38. The van der Waals surface area contributed by atoms with Crippen molar-refractivity contribution in [2.24, 2.45) is 5.10 Å². The summed E-state index contributed by atoms with van der Waals surface area (Å²) in [6, 6.07) is 13.1. The van der Waals surface area contributed by atoms with Crippen LogP contribution in [0.25, 0.3) is 0 Å². The van der Waals surface area contributed by atoms with Gasteiger partial charge < -0.3 is 14.2 Å². The van der Waals surface area contributed by atoms with Gasteiger partial charge in [-0.15, -0.1) is 0 Å². The molecule has 2 aromatic carbocycles. The number of amides is 1. The highest BCUT2D eigenvalue weighted by atomic mass is 16.5. The molecule has 0 spiro atoms. The van der Waals surface area contributed by atoms with Gasteiger partial charge in [-0.1, -0.05) is 18.2 Å². The van der Waals surface area contributed by atoms with Crippen LogP contribution in [0.3, 0.4) is 0 Å². The van der Waals surface area contributed by atoms with Crippen LogP contribution in [0.15, 0.2) is 47.6 Å². The summed E-state index contributed by atoms with van der Waals surface area (Å²) in [5.41, 5.74) is 2.59. The van der Waals surface area contributed by atoms with Gasteiger partial charge in [0, 0.05) is 30.5 Å². The first-order valence-electron chi connectivity index (χ1n) is 8.31. The predicted molar refractivity (Wildman–Crippen MR) is 99.0 cm³/mol. The Bertz CT molecular complexity index is 825. The average Bonchev–Trinajstić information content (AvgIpc) is 3.13. The summed E-state index contributed by atoms with van der Waals surface area (Å²) >= 11 is 0. The number of ether oxygens (including phenoxy) is 3. The third kappa shape index (κ3) is 3.35. The van der Waals surface area contributed by atoms with E-state index in [2.05, 4.69) is 5.10 Å². The monoisotopic (exact) mass is 354 g/mol. The molecule has 0 unspecified atom stereocenters. The van der Waals surface area contributed by atoms with E-state index in [-0.39, 0.29) is 11.9 Å². The third-order valence-electron chi connectivity index (χ3n) is 4.42. The van der Waals surface area contributed by atoms with Crippen LogP contribution in [-0.2, 0) is 4.79 Å². The number of carbonyl (C=O) groups is 1. The highest BCUT2D eigenvalue weighted by Gasteiger charge is 2.33. The van der Waals surface area contributed by atoms with Crippen molar-refractivity contribution in [3.05, 3.63) is 53.6 Å². The van der Waals surface area contributed by atoms with E-state index in [1.54, 1.807) is 27.4 Å². The number of hydrogen-bond donors (Lipinski definition) is 0. The Morgan fingerprint density at radius 1 is 1.04 bits per heavy atom. The number of hydrogen-bond acceptors (Lipinski definition) is 5. The van der Waals surface area contributed by atoms with Crippen molar-refractivity contribution in [1.82, 2.24) is 5.01 Å². The number of rotatable bonds is 5. The Balaban J connectivity index is 2.01. The molecule has 3 rings (SSSR count). The molecule has 0 N–H and O–H groups in total. The molecule has 2 aromatic rings. The van der Waals surface area contributed by atoms with E-state index >= 15 is 0 Å². The fourth-order valence-electron chi connectivity index (χ4n) is 3.13. The zero-order chi connectivity index (χ0) is 18.7. The van der Waals surface area contributed by atoms with Gasteiger partial charge in [-0.25, -0.2) is 5.01 Å². The summed E-state index contributed by atoms with van der Waals surface area (Å²) in [6.07, 6.45) is 0.580. The smallest absolute Gasteiger partial charge is 0.240 e. The van der Waals surface area contributed by atoms with Crippen LogP contribution < -0.4 is 14.2 Å². The van der Waals surface area contributed by atoms with Crippen LogP contribution >= 0.6 is 0 Å². The summed E-state index contributed by atoms with van der Waals surface area (Å²) in [5.74, 6) is 1.98. The van der Waals surface area contributed by atoms with Gasteiger partial charge in [0.25, 0.3) is 0 Å². The van der Waals surface area contributed by atoms with Gasteiger partial charge in [0.05, 0.1) is 33.1 Å². The summed E-state index contributed by atoms with van der Waals surface area (Å²) < 4.78 is 16.2. The number of carbonyl (C=O) groups excluding carboxylic acids is 1. The maximum Gasteiger partial charge on any atom is 0.240 e. The van der Waals surface area contributed by atoms with E-state index in [1.807, 2.05) is 36.4 Å². The molecule has 0 radical (unpaired) electrons. The van der Waals surface area contributed by atoms with Crippen molar-refractivity contribution in [2.45, 2.75) is 19.4 Å². The Morgan fingerprint density at radius 3 is 2.27 bits per heavy atom. The normalized spacial score (nSPS) is 16.2. The van der Waals surface area contributed by atoms with E-state index in [9.17, 15) is 4.79 Å². The number of benzene rings is 2. The van der Waals surface area contributed by atoms with Gasteiger partial charge in [-0.05, 0) is 18.2 Å². The summed E-state index contributed by atoms with van der Waals surface area (Å²) in [6.45, 7) is 1.51. The summed E-state index contributed by atoms with van der Waals surface area (Å²) in [7, 11) is 4.84. The predicted octanol–water partition coefficient (Wildman–Crippen LogP) is 3.41. The van der Waals surface area contributed by atoms with Crippen molar-refractivity contribution >= 4 is 11.6 Å².